The van der Waals surface area contributed by atoms with Gasteiger partial charge in [-0.05, 0) is 69.4 Å². The first-order valence-electron chi connectivity index (χ1n) is 11.3. The summed E-state index contributed by atoms with van der Waals surface area (Å²) in [5.41, 5.74) is 6.35. The summed E-state index contributed by atoms with van der Waals surface area (Å²) in [5.74, 6) is 1.04. The van der Waals surface area contributed by atoms with E-state index in [2.05, 4.69) is 26.7 Å². The van der Waals surface area contributed by atoms with Gasteiger partial charge in [0, 0.05) is 36.5 Å². The van der Waals surface area contributed by atoms with Crippen molar-refractivity contribution in [3.63, 3.8) is 0 Å². The van der Waals surface area contributed by atoms with Crippen molar-refractivity contribution >= 4 is 10.8 Å². The summed E-state index contributed by atoms with van der Waals surface area (Å²) in [5, 5.41) is 9.48. The van der Waals surface area contributed by atoms with E-state index >= 15 is 0 Å². The van der Waals surface area contributed by atoms with Crippen molar-refractivity contribution in [1.29, 1.82) is 0 Å². The Morgan fingerprint density at radius 1 is 1.09 bits per heavy atom. The molecule has 1 unspecified atom stereocenters. The lowest BCUT2D eigenvalue weighted by Gasteiger charge is -2.09. The molecule has 176 valence electrons. The van der Waals surface area contributed by atoms with Gasteiger partial charge in [0.15, 0.2) is 5.82 Å². The number of halogens is 1. The maximum Gasteiger partial charge on any atom is 0.157 e. The van der Waals surface area contributed by atoms with Gasteiger partial charge in [0.05, 0.1) is 38.5 Å². The zero-order valence-corrected chi connectivity index (χ0v) is 20.6. The van der Waals surface area contributed by atoms with Crippen LogP contribution in [0.3, 0.4) is 0 Å². The number of benzene rings is 1. The Balaban J connectivity index is 1.52. The SMILES string of the molecule is Cc1nn(-c2cc(Cc3c(C)c(-c4ccc(F)cc4)nn3CC3CC3)ncn2)c(C)c1S(C)=O. The number of aryl methyl sites for hydroxylation is 1. The molecule has 3 aromatic heterocycles. The van der Waals surface area contributed by atoms with Crippen LogP contribution in [0.4, 0.5) is 4.39 Å². The highest BCUT2D eigenvalue weighted by molar-refractivity contribution is 7.84. The van der Waals surface area contributed by atoms with E-state index < -0.39 is 10.8 Å². The molecule has 0 saturated heterocycles. The molecule has 3 heterocycles. The van der Waals surface area contributed by atoms with Gasteiger partial charge in [-0.15, -0.1) is 0 Å². The second-order valence-electron chi connectivity index (χ2n) is 8.96. The van der Waals surface area contributed by atoms with Crippen molar-refractivity contribution in [3.8, 4) is 17.1 Å². The first kappa shape index (κ1) is 22.6. The maximum absolute atomic E-state index is 13.5. The van der Waals surface area contributed by atoms with Crippen LogP contribution in [0.15, 0.2) is 41.6 Å². The molecule has 0 radical (unpaired) electrons. The molecule has 0 aliphatic heterocycles. The molecule has 9 heteroatoms. The summed E-state index contributed by atoms with van der Waals surface area (Å²) in [4.78, 5) is 9.68. The molecule has 1 aromatic carbocycles. The van der Waals surface area contributed by atoms with Gasteiger partial charge >= 0.3 is 0 Å². The van der Waals surface area contributed by atoms with Gasteiger partial charge in [-0.1, -0.05) is 0 Å². The average molecular weight is 479 g/mol. The van der Waals surface area contributed by atoms with Crippen LogP contribution in [0, 0.1) is 32.5 Å². The van der Waals surface area contributed by atoms with Crippen LogP contribution in [0.25, 0.3) is 17.1 Å². The lowest BCUT2D eigenvalue weighted by Crippen LogP contribution is -2.10. The van der Waals surface area contributed by atoms with Crippen LogP contribution in [-0.4, -0.2) is 40.0 Å². The van der Waals surface area contributed by atoms with E-state index in [9.17, 15) is 8.60 Å². The number of aromatic nitrogens is 6. The smallest absolute Gasteiger partial charge is 0.157 e. The van der Waals surface area contributed by atoms with E-state index in [1.54, 1.807) is 29.4 Å². The molecule has 1 fully saturated rings. The minimum absolute atomic E-state index is 0.258. The van der Waals surface area contributed by atoms with Crippen LogP contribution >= 0.6 is 0 Å². The van der Waals surface area contributed by atoms with Crippen molar-refractivity contribution in [3.05, 3.63) is 70.8 Å². The Morgan fingerprint density at radius 3 is 2.47 bits per heavy atom. The predicted molar refractivity (Wildman–Crippen MR) is 129 cm³/mol. The highest BCUT2D eigenvalue weighted by atomic mass is 32.2. The normalized spacial score (nSPS) is 14.5. The zero-order valence-electron chi connectivity index (χ0n) is 19.7. The summed E-state index contributed by atoms with van der Waals surface area (Å²) < 4.78 is 29.4. The maximum atomic E-state index is 13.5. The third-order valence-corrected chi connectivity index (χ3v) is 7.52. The largest absolute Gasteiger partial charge is 0.268 e. The van der Waals surface area contributed by atoms with Crippen LogP contribution in [-0.2, 0) is 23.8 Å². The molecule has 0 spiro atoms. The molecule has 0 N–H and O–H groups in total. The standard InChI is InChI=1S/C25H27FN6OS/c1-15-22(31(13-18-5-6-18)30-24(15)19-7-9-20(26)10-8-19)11-21-12-23(28-14-27-21)32-17(3)25(34(4)33)16(2)29-32/h7-10,12,14,18H,5-6,11,13H2,1-4H3. The fourth-order valence-electron chi connectivity index (χ4n) is 4.43. The van der Waals surface area contributed by atoms with Gasteiger partial charge in [-0.25, -0.2) is 19.0 Å². The van der Waals surface area contributed by atoms with E-state index in [-0.39, 0.29) is 5.82 Å². The summed E-state index contributed by atoms with van der Waals surface area (Å²) in [6, 6.07) is 8.41. The number of rotatable bonds is 7. The predicted octanol–water partition coefficient (Wildman–Crippen LogP) is 4.33. The summed E-state index contributed by atoms with van der Waals surface area (Å²) in [6.07, 6.45) is 6.24. The van der Waals surface area contributed by atoms with Crippen molar-refractivity contribution in [2.24, 2.45) is 5.92 Å². The molecule has 4 aromatic rings. The minimum Gasteiger partial charge on any atom is -0.268 e. The Kier molecular flexibility index (Phi) is 5.89. The van der Waals surface area contributed by atoms with Gasteiger partial charge < -0.3 is 0 Å². The van der Waals surface area contributed by atoms with Crippen LogP contribution in [0.1, 0.15) is 41.2 Å². The molecule has 1 aliphatic carbocycles. The molecule has 1 aliphatic rings. The number of hydrogen-bond acceptors (Lipinski definition) is 5. The van der Waals surface area contributed by atoms with E-state index in [1.807, 2.05) is 19.9 Å². The molecular formula is C25H27FN6OS. The molecule has 1 atom stereocenters. The quantitative estimate of drug-likeness (QED) is 0.395. The third-order valence-electron chi connectivity index (χ3n) is 6.35. The van der Waals surface area contributed by atoms with Crippen LogP contribution in [0.5, 0.6) is 0 Å². The molecule has 34 heavy (non-hydrogen) atoms. The van der Waals surface area contributed by atoms with Crippen molar-refractivity contribution < 1.29 is 8.60 Å². The summed E-state index contributed by atoms with van der Waals surface area (Å²) in [7, 11) is -1.13. The van der Waals surface area contributed by atoms with Crippen molar-refractivity contribution in [2.75, 3.05) is 6.26 Å². The third kappa shape index (κ3) is 4.32. The highest BCUT2D eigenvalue weighted by Crippen LogP contribution is 2.33. The van der Waals surface area contributed by atoms with E-state index in [0.717, 1.165) is 51.0 Å². The first-order valence-corrected chi connectivity index (χ1v) is 12.9. The van der Waals surface area contributed by atoms with Gasteiger partial charge in [0.2, 0.25) is 0 Å². The van der Waals surface area contributed by atoms with Crippen LogP contribution < -0.4 is 0 Å². The first-order chi connectivity index (χ1) is 16.3. The molecule has 0 amide bonds. The zero-order chi connectivity index (χ0) is 24.0. The second kappa shape index (κ2) is 8.87. The monoisotopic (exact) mass is 478 g/mol. The lowest BCUT2D eigenvalue weighted by molar-refractivity contribution is 0.543. The average Bonchev–Trinajstić information content (AvgIpc) is 3.50. The van der Waals surface area contributed by atoms with Gasteiger partial charge in [0.25, 0.3) is 0 Å². The Morgan fingerprint density at radius 2 is 1.82 bits per heavy atom. The summed E-state index contributed by atoms with van der Waals surface area (Å²) in [6.45, 7) is 6.70. The van der Waals surface area contributed by atoms with E-state index in [0.29, 0.717) is 18.2 Å². The topological polar surface area (TPSA) is 78.5 Å². The highest BCUT2D eigenvalue weighted by Gasteiger charge is 2.26. The van der Waals surface area contributed by atoms with E-state index in [1.165, 1.54) is 25.0 Å². The van der Waals surface area contributed by atoms with E-state index in [4.69, 9.17) is 5.10 Å². The molecule has 5 rings (SSSR count). The molecule has 1 saturated carbocycles. The van der Waals surface area contributed by atoms with Crippen molar-refractivity contribution in [1.82, 2.24) is 29.5 Å². The fourth-order valence-corrected chi connectivity index (χ4v) is 5.38. The van der Waals surface area contributed by atoms with Crippen molar-refractivity contribution in [2.45, 2.75) is 51.5 Å². The van der Waals surface area contributed by atoms with Gasteiger partial charge in [-0.2, -0.15) is 10.2 Å². The number of nitrogens with zero attached hydrogens (tertiary/aromatic N) is 6. The second-order valence-corrected chi connectivity index (χ2v) is 10.3. The lowest BCUT2D eigenvalue weighted by atomic mass is 10.0. The minimum atomic E-state index is -1.13. The van der Waals surface area contributed by atoms with Crippen LogP contribution in [0.2, 0.25) is 0 Å². The van der Waals surface area contributed by atoms with Gasteiger partial charge in [0.1, 0.15) is 12.1 Å². The molecule has 0 bridgehead atoms. The Labute approximate surface area is 200 Å². The number of hydrogen-bond donors (Lipinski definition) is 0. The van der Waals surface area contributed by atoms with Gasteiger partial charge in [-0.3, -0.25) is 8.89 Å². The summed E-state index contributed by atoms with van der Waals surface area (Å²) >= 11 is 0. The Bertz CT molecular complexity index is 1390. The molecule has 7 nitrogen and oxygen atoms in total. The fraction of sp³-hybridized carbons (Fsp3) is 0.360. The molecular weight excluding hydrogens is 451 g/mol. The Hall–Kier alpha value is -3.20.